The molecule has 2 fully saturated rings. The largest absolute Gasteiger partial charge is 0.458 e. The standard InChI is InChI=1S/C25H28N2O4/c1-15-5-4-8-19-18-9-11-27(12-10-20(18)30-22(28)21(15)19)24-26-23(29)25(31-24)13-16-6-2-3-7-17(16)14-25/h2,6,8,18,20H,3-5,7,9-14H2,1H3. The average Bonchev–Trinajstić information content (AvgIpc) is 3.19. The van der Waals surface area contributed by atoms with Crippen LogP contribution in [0.25, 0.3) is 0 Å². The molecule has 0 N–H and O–H groups in total. The number of aliphatic imine (C=N–C) groups is 1. The molecule has 2 saturated heterocycles. The van der Waals surface area contributed by atoms with E-state index in [0.29, 0.717) is 25.4 Å². The van der Waals surface area contributed by atoms with Crippen LogP contribution in [-0.4, -0.2) is 47.6 Å². The minimum Gasteiger partial charge on any atom is -0.458 e. The first kappa shape index (κ1) is 19.1. The maximum absolute atomic E-state index is 12.9. The molecule has 0 aromatic heterocycles. The lowest BCUT2D eigenvalue weighted by Crippen LogP contribution is -2.39. The molecule has 6 nitrogen and oxygen atoms in total. The lowest BCUT2D eigenvalue weighted by Gasteiger charge is -2.35. The summed E-state index contributed by atoms with van der Waals surface area (Å²) in [6, 6.07) is 0.461. The van der Waals surface area contributed by atoms with Gasteiger partial charge in [-0.1, -0.05) is 29.4 Å². The highest BCUT2D eigenvalue weighted by Crippen LogP contribution is 2.46. The van der Waals surface area contributed by atoms with Gasteiger partial charge in [0.1, 0.15) is 6.10 Å². The number of amidine groups is 1. The molecule has 3 heterocycles. The van der Waals surface area contributed by atoms with Crippen molar-refractivity contribution in [3.63, 3.8) is 0 Å². The van der Waals surface area contributed by atoms with Crippen LogP contribution < -0.4 is 0 Å². The Hall–Kier alpha value is -2.63. The van der Waals surface area contributed by atoms with Gasteiger partial charge in [0.05, 0.1) is 5.57 Å². The zero-order chi connectivity index (χ0) is 21.2. The van der Waals surface area contributed by atoms with Crippen LogP contribution in [0.3, 0.4) is 0 Å². The molecule has 0 saturated carbocycles. The van der Waals surface area contributed by atoms with Crippen LogP contribution in [0.5, 0.6) is 0 Å². The molecule has 3 aliphatic carbocycles. The van der Waals surface area contributed by atoms with Crippen LogP contribution in [0.1, 0.15) is 58.3 Å². The van der Waals surface area contributed by atoms with Gasteiger partial charge in [-0.15, -0.1) is 0 Å². The van der Waals surface area contributed by atoms with E-state index in [0.717, 1.165) is 56.2 Å². The number of rotatable bonds is 0. The number of ether oxygens (including phenoxy) is 2. The summed E-state index contributed by atoms with van der Waals surface area (Å²) in [6.07, 6.45) is 13.3. The molecule has 6 rings (SSSR count). The lowest BCUT2D eigenvalue weighted by molar-refractivity contribution is -0.149. The summed E-state index contributed by atoms with van der Waals surface area (Å²) in [5.41, 5.74) is 4.89. The zero-order valence-electron chi connectivity index (χ0n) is 18.0. The molecule has 31 heavy (non-hydrogen) atoms. The first-order valence-electron chi connectivity index (χ1n) is 11.6. The smallest absolute Gasteiger partial charge is 0.338 e. The third kappa shape index (κ3) is 2.94. The highest BCUT2D eigenvalue weighted by Gasteiger charge is 2.52. The van der Waals surface area contributed by atoms with Gasteiger partial charge in [0.2, 0.25) is 5.60 Å². The van der Waals surface area contributed by atoms with Gasteiger partial charge >= 0.3 is 5.97 Å². The molecule has 1 spiro atoms. The second-order valence-corrected chi connectivity index (χ2v) is 9.69. The Labute approximate surface area is 182 Å². The van der Waals surface area contributed by atoms with Crippen molar-refractivity contribution in [2.24, 2.45) is 10.9 Å². The molecule has 0 aromatic rings. The number of amides is 1. The molecular weight excluding hydrogens is 392 g/mol. The molecule has 0 radical (unpaired) electrons. The SMILES string of the molecule is CC1=C2C(=O)OC3CCN(C4=NC(=O)C5(CC6=C(CCC=C6)C5)O4)CCC3C2=CCC1. The van der Waals surface area contributed by atoms with Crippen LogP contribution in [-0.2, 0) is 19.1 Å². The normalized spacial score (nSPS) is 34.7. The van der Waals surface area contributed by atoms with E-state index < -0.39 is 5.60 Å². The molecule has 3 aliphatic heterocycles. The molecule has 6 heteroatoms. The Morgan fingerprint density at radius 3 is 2.87 bits per heavy atom. The van der Waals surface area contributed by atoms with Gasteiger partial charge in [-0.05, 0) is 50.2 Å². The highest BCUT2D eigenvalue weighted by atomic mass is 16.5. The van der Waals surface area contributed by atoms with Gasteiger partial charge in [-0.3, -0.25) is 4.79 Å². The summed E-state index contributed by atoms with van der Waals surface area (Å²) in [6.45, 7) is 3.47. The van der Waals surface area contributed by atoms with Crippen LogP contribution in [0.2, 0.25) is 0 Å². The predicted molar refractivity (Wildman–Crippen MR) is 115 cm³/mol. The Bertz CT molecular complexity index is 1030. The zero-order valence-corrected chi connectivity index (χ0v) is 18.0. The number of esters is 1. The number of allylic oxidation sites excluding steroid dienone is 4. The van der Waals surface area contributed by atoms with E-state index >= 15 is 0 Å². The van der Waals surface area contributed by atoms with Crippen molar-refractivity contribution in [2.45, 2.75) is 70.0 Å². The second-order valence-electron chi connectivity index (χ2n) is 9.69. The molecular formula is C25H28N2O4. The first-order chi connectivity index (χ1) is 15.0. The number of hydrogen-bond donors (Lipinski definition) is 0. The van der Waals surface area contributed by atoms with E-state index in [1.54, 1.807) is 0 Å². The molecule has 1 amide bonds. The third-order valence-electron chi connectivity index (χ3n) is 7.81. The van der Waals surface area contributed by atoms with E-state index in [4.69, 9.17) is 9.47 Å². The minimum absolute atomic E-state index is 0.115. The van der Waals surface area contributed by atoms with E-state index in [1.807, 2.05) is 6.92 Å². The van der Waals surface area contributed by atoms with Crippen molar-refractivity contribution >= 4 is 17.9 Å². The van der Waals surface area contributed by atoms with Crippen LogP contribution in [0, 0.1) is 5.92 Å². The topological polar surface area (TPSA) is 68.2 Å². The number of fused-ring (bicyclic) bond motifs is 3. The number of hydrogen-bond acceptors (Lipinski definition) is 5. The third-order valence-corrected chi connectivity index (χ3v) is 7.81. The molecule has 3 atom stereocenters. The van der Waals surface area contributed by atoms with Gasteiger partial charge in [0, 0.05) is 38.3 Å². The summed E-state index contributed by atoms with van der Waals surface area (Å²) in [4.78, 5) is 32.0. The van der Waals surface area contributed by atoms with Crippen molar-refractivity contribution in [3.05, 3.63) is 46.1 Å². The summed E-state index contributed by atoms with van der Waals surface area (Å²) in [7, 11) is 0. The Morgan fingerprint density at radius 2 is 2.00 bits per heavy atom. The van der Waals surface area contributed by atoms with Gasteiger partial charge < -0.3 is 14.4 Å². The molecule has 0 aromatic carbocycles. The summed E-state index contributed by atoms with van der Waals surface area (Å²) >= 11 is 0. The molecule has 6 aliphatic rings. The van der Waals surface area contributed by atoms with Gasteiger partial charge in [0.25, 0.3) is 11.9 Å². The lowest BCUT2D eigenvalue weighted by atomic mass is 9.77. The van der Waals surface area contributed by atoms with Crippen LogP contribution >= 0.6 is 0 Å². The van der Waals surface area contributed by atoms with Crippen LogP contribution in [0.15, 0.2) is 51.1 Å². The molecule has 3 unspecified atom stereocenters. The highest BCUT2D eigenvalue weighted by molar-refractivity contribution is 6.02. The van der Waals surface area contributed by atoms with Crippen molar-refractivity contribution in [2.75, 3.05) is 13.1 Å². The maximum Gasteiger partial charge on any atom is 0.338 e. The van der Waals surface area contributed by atoms with Crippen molar-refractivity contribution in [3.8, 4) is 0 Å². The van der Waals surface area contributed by atoms with Crippen molar-refractivity contribution < 1.29 is 19.1 Å². The Kier molecular flexibility index (Phi) is 4.27. The number of likely N-dealkylation sites (tertiary alicyclic amines) is 1. The number of carbonyl (C=O) groups is 2. The number of nitrogens with zero attached hydrogens (tertiary/aromatic N) is 2. The fourth-order valence-electron chi connectivity index (χ4n) is 6.16. The van der Waals surface area contributed by atoms with Gasteiger partial charge in [-0.25, -0.2) is 4.79 Å². The van der Waals surface area contributed by atoms with E-state index in [2.05, 4.69) is 28.1 Å². The average molecular weight is 421 g/mol. The summed E-state index contributed by atoms with van der Waals surface area (Å²) in [5, 5.41) is 0. The summed E-state index contributed by atoms with van der Waals surface area (Å²) < 4.78 is 12.2. The predicted octanol–water partition coefficient (Wildman–Crippen LogP) is 3.75. The fraction of sp³-hybridized carbons (Fsp3) is 0.560. The quantitative estimate of drug-likeness (QED) is 0.558. The van der Waals surface area contributed by atoms with E-state index in [-0.39, 0.29) is 23.9 Å². The van der Waals surface area contributed by atoms with E-state index in [9.17, 15) is 9.59 Å². The monoisotopic (exact) mass is 420 g/mol. The first-order valence-corrected chi connectivity index (χ1v) is 11.6. The minimum atomic E-state index is -0.834. The Balaban J connectivity index is 1.20. The van der Waals surface area contributed by atoms with Gasteiger partial charge in [-0.2, -0.15) is 4.99 Å². The molecule has 162 valence electrons. The van der Waals surface area contributed by atoms with Crippen molar-refractivity contribution in [1.29, 1.82) is 0 Å². The molecule has 0 bridgehead atoms. The van der Waals surface area contributed by atoms with E-state index in [1.165, 1.54) is 16.7 Å². The number of carbonyl (C=O) groups excluding carboxylic acids is 2. The van der Waals surface area contributed by atoms with Crippen LogP contribution in [0.4, 0.5) is 0 Å². The summed E-state index contributed by atoms with van der Waals surface area (Å²) in [5.74, 6) is -0.100. The van der Waals surface area contributed by atoms with Crippen molar-refractivity contribution in [1.82, 2.24) is 4.90 Å². The maximum atomic E-state index is 12.9. The van der Waals surface area contributed by atoms with Gasteiger partial charge in [0.15, 0.2) is 0 Å². The fourth-order valence-corrected chi connectivity index (χ4v) is 6.16. The second kappa shape index (κ2) is 6.94. The Morgan fingerprint density at radius 1 is 1.13 bits per heavy atom.